The van der Waals surface area contributed by atoms with Crippen LogP contribution in [0.4, 0.5) is 0 Å². The van der Waals surface area contributed by atoms with Crippen molar-refractivity contribution in [2.45, 2.75) is 32.2 Å². The van der Waals surface area contributed by atoms with Crippen molar-refractivity contribution in [1.29, 1.82) is 0 Å². The maximum Gasteiger partial charge on any atom is 0.0235 e. The Hall–Kier alpha value is -0.120. The topological polar surface area (TPSA) is 18.5 Å². The summed E-state index contributed by atoms with van der Waals surface area (Å²) in [5.74, 6) is 0.780. The third kappa shape index (κ3) is 3.19. The molecule has 0 saturated carbocycles. The summed E-state index contributed by atoms with van der Waals surface area (Å²) in [4.78, 5) is 5.37. The highest BCUT2D eigenvalue weighted by Crippen LogP contribution is 2.20. The van der Waals surface area contributed by atoms with Crippen LogP contribution in [0.1, 0.15) is 26.2 Å². The normalized spacial score (nSPS) is 30.0. The van der Waals surface area contributed by atoms with E-state index in [-0.39, 0.29) is 0 Å². The van der Waals surface area contributed by atoms with Crippen molar-refractivity contribution in [2.75, 3.05) is 46.3 Å². The lowest BCUT2D eigenvalue weighted by Crippen LogP contribution is -2.37. The molecule has 94 valence electrons. The molecule has 0 aromatic rings. The summed E-state index contributed by atoms with van der Waals surface area (Å²) < 4.78 is 0. The minimum atomic E-state index is 0.780. The van der Waals surface area contributed by atoms with Gasteiger partial charge in [-0.2, -0.15) is 0 Å². The summed E-state index contributed by atoms with van der Waals surface area (Å²) in [6, 6.07) is 0.865. The second-order valence-electron chi connectivity index (χ2n) is 5.61. The van der Waals surface area contributed by atoms with E-state index < -0.39 is 0 Å². The third-order valence-electron chi connectivity index (χ3n) is 4.03. The van der Waals surface area contributed by atoms with Crippen LogP contribution in [0.25, 0.3) is 0 Å². The predicted octanol–water partition coefficient (Wildman–Crippen LogP) is 1.01. The lowest BCUT2D eigenvalue weighted by molar-refractivity contribution is 0.221. The van der Waals surface area contributed by atoms with Gasteiger partial charge in [-0.25, -0.2) is 0 Å². The fourth-order valence-electron chi connectivity index (χ4n) is 3.24. The number of rotatable bonds is 5. The molecule has 0 spiro atoms. The molecule has 16 heavy (non-hydrogen) atoms. The predicted molar refractivity (Wildman–Crippen MR) is 68.7 cm³/mol. The largest absolute Gasteiger partial charge is 0.319 e. The molecule has 3 nitrogen and oxygen atoms in total. The summed E-state index contributed by atoms with van der Waals surface area (Å²) in [6.45, 7) is 10.1. The van der Waals surface area contributed by atoms with Gasteiger partial charge in [-0.1, -0.05) is 6.92 Å². The number of nitrogens with one attached hydrogen (secondary N) is 1. The van der Waals surface area contributed by atoms with Gasteiger partial charge in [0.15, 0.2) is 0 Å². The molecule has 0 radical (unpaired) electrons. The standard InChI is InChI=1S/C13H27N3/c1-12(9-14-2)10-15-8-5-13(11-15)16-6-3-4-7-16/h12-14H,3-11H2,1-2H3. The van der Waals surface area contributed by atoms with E-state index in [2.05, 4.69) is 22.0 Å². The molecule has 0 bridgehead atoms. The van der Waals surface area contributed by atoms with Gasteiger partial charge in [0.25, 0.3) is 0 Å². The second-order valence-corrected chi connectivity index (χ2v) is 5.61. The number of hydrogen-bond acceptors (Lipinski definition) is 3. The van der Waals surface area contributed by atoms with E-state index in [0.717, 1.165) is 18.5 Å². The molecule has 2 aliphatic rings. The van der Waals surface area contributed by atoms with Crippen LogP contribution >= 0.6 is 0 Å². The Bertz CT molecular complexity index is 201. The van der Waals surface area contributed by atoms with Crippen molar-refractivity contribution in [1.82, 2.24) is 15.1 Å². The van der Waals surface area contributed by atoms with E-state index in [9.17, 15) is 0 Å². The third-order valence-corrected chi connectivity index (χ3v) is 4.03. The first-order chi connectivity index (χ1) is 7.79. The molecule has 2 fully saturated rings. The minimum Gasteiger partial charge on any atom is -0.319 e. The zero-order valence-electron chi connectivity index (χ0n) is 10.9. The highest BCUT2D eigenvalue weighted by atomic mass is 15.3. The molecular formula is C13H27N3. The average Bonchev–Trinajstić information content (AvgIpc) is 2.86. The summed E-state index contributed by atoms with van der Waals surface area (Å²) in [5.41, 5.74) is 0. The molecule has 2 atom stereocenters. The van der Waals surface area contributed by atoms with E-state index in [1.165, 1.54) is 52.0 Å². The molecule has 3 heteroatoms. The SMILES string of the molecule is CNCC(C)CN1CCC(N2CCCC2)C1. The van der Waals surface area contributed by atoms with E-state index >= 15 is 0 Å². The Balaban J connectivity index is 1.70. The highest BCUT2D eigenvalue weighted by molar-refractivity contribution is 4.86. The first-order valence-corrected chi connectivity index (χ1v) is 6.90. The van der Waals surface area contributed by atoms with Crippen LogP contribution in [-0.2, 0) is 0 Å². The van der Waals surface area contributed by atoms with Crippen LogP contribution < -0.4 is 5.32 Å². The van der Waals surface area contributed by atoms with Gasteiger partial charge in [-0.05, 0) is 58.4 Å². The molecular weight excluding hydrogens is 198 g/mol. The van der Waals surface area contributed by atoms with Crippen molar-refractivity contribution in [3.63, 3.8) is 0 Å². The van der Waals surface area contributed by atoms with E-state index in [1.807, 2.05) is 7.05 Å². The lowest BCUT2D eigenvalue weighted by atomic mass is 10.1. The molecule has 0 aromatic carbocycles. The smallest absolute Gasteiger partial charge is 0.0235 e. The zero-order chi connectivity index (χ0) is 11.4. The summed E-state index contributed by atoms with van der Waals surface area (Å²) in [7, 11) is 2.05. The lowest BCUT2D eigenvalue weighted by Gasteiger charge is -2.25. The van der Waals surface area contributed by atoms with Gasteiger partial charge in [-0.3, -0.25) is 4.90 Å². The zero-order valence-corrected chi connectivity index (χ0v) is 10.9. The first kappa shape index (κ1) is 12.3. The minimum absolute atomic E-state index is 0.780. The number of nitrogens with zero attached hydrogens (tertiary/aromatic N) is 2. The Morgan fingerprint density at radius 3 is 2.69 bits per heavy atom. The van der Waals surface area contributed by atoms with Gasteiger partial charge in [0.05, 0.1) is 0 Å². The molecule has 2 saturated heterocycles. The van der Waals surface area contributed by atoms with Gasteiger partial charge >= 0.3 is 0 Å². The van der Waals surface area contributed by atoms with Gasteiger partial charge in [0, 0.05) is 19.1 Å². The van der Waals surface area contributed by atoms with Crippen molar-refractivity contribution in [3.8, 4) is 0 Å². The van der Waals surface area contributed by atoms with Crippen molar-refractivity contribution >= 4 is 0 Å². The molecule has 2 aliphatic heterocycles. The summed E-state index contributed by atoms with van der Waals surface area (Å²) in [5, 5.41) is 3.27. The van der Waals surface area contributed by atoms with Crippen LogP contribution in [0, 0.1) is 5.92 Å². The number of hydrogen-bond donors (Lipinski definition) is 1. The molecule has 0 amide bonds. The van der Waals surface area contributed by atoms with Gasteiger partial charge in [0.1, 0.15) is 0 Å². The van der Waals surface area contributed by atoms with Gasteiger partial charge in [-0.15, -0.1) is 0 Å². The maximum absolute atomic E-state index is 3.27. The van der Waals surface area contributed by atoms with Crippen LogP contribution in [0.5, 0.6) is 0 Å². The second kappa shape index (κ2) is 5.99. The maximum atomic E-state index is 3.27. The Morgan fingerprint density at radius 1 is 1.25 bits per heavy atom. The van der Waals surface area contributed by atoms with Crippen LogP contribution in [0.2, 0.25) is 0 Å². The Kier molecular flexibility index (Phi) is 4.62. The first-order valence-electron chi connectivity index (χ1n) is 6.90. The summed E-state index contributed by atoms with van der Waals surface area (Å²) >= 11 is 0. The Morgan fingerprint density at radius 2 is 2.00 bits per heavy atom. The molecule has 0 aliphatic carbocycles. The van der Waals surface area contributed by atoms with Crippen LogP contribution in [0.3, 0.4) is 0 Å². The van der Waals surface area contributed by atoms with Gasteiger partial charge in [0.2, 0.25) is 0 Å². The Labute approximate surface area is 100 Å². The monoisotopic (exact) mass is 225 g/mol. The van der Waals surface area contributed by atoms with Crippen LogP contribution in [0.15, 0.2) is 0 Å². The molecule has 0 aromatic heterocycles. The van der Waals surface area contributed by atoms with Crippen molar-refractivity contribution in [3.05, 3.63) is 0 Å². The van der Waals surface area contributed by atoms with Gasteiger partial charge < -0.3 is 10.2 Å². The fourth-order valence-corrected chi connectivity index (χ4v) is 3.24. The van der Waals surface area contributed by atoms with Crippen molar-refractivity contribution in [2.24, 2.45) is 5.92 Å². The fraction of sp³-hybridized carbons (Fsp3) is 1.00. The van der Waals surface area contributed by atoms with Crippen LogP contribution in [-0.4, -0.2) is 62.2 Å². The molecule has 2 rings (SSSR count). The molecule has 2 unspecified atom stereocenters. The van der Waals surface area contributed by atoms with Crippen molar-refractivity contribution < 1.29 is 0 Å². The van der Waals surface area contributed by atoms with E-state index in [0.29, 0.717) is 0 Å². The average molecular weight is 225 g/mol. The van der Waals surface area contributed by atoms with E-state index in [4.69, 9.17) is 0 Å². The number of likely N-dealkylation sites (tertiary alicyclic amines) is 2. The summed E-state index contributed by atoms with van der Waals surface area (Å²) in [6.07, 6.45) is 4.24. The van der Waals surface area contributed by atoms with E-state index in [1.54, 1.807) is 0 Å². The highest BCUT2D eigenvalue weighted by Gasteiger charge is 2.29. The quantitative estimate of drug-likeness (QED) is 0.753. The molecule has 1 N–H and O–H groups in total. The molecule has 2 heterocycles.